The molecule has 0 fully saturated rings. The maximum atomic E-state index is 11.6. The number of fused-ring (bicyclic) bond motifs is 1. The van der Waals surface area contributed by atoms with Crippen molar-refractivity contribution in [2.75, 3.05) is 0 Å². The van der Waals surface area contributed by atoms with E-state index in [1.807, 2.05) is 80.5 Å². The molecule has 0 amide bonds. The maximum Gasteiger partial charge on any atom is 0.294 e. The van der Waals surface area contributed by atoms with E-state index in [1.54, 1.807) is 6.07 Å². The van der Waals surface area contributed by atoms with Crippen LogP contribution in [0.25, 0.3) is 10.8 Å². The van der Waals surface area contributed by atoms with E-state index in [1.165, 1.54) is 0 Å². The summed E-state index contributed by atoms with van der Waals surface area (Å²) < 4.78 is 32.6. The lowest BCUT2D eigenvalue weighted by Crippen LogP contribution is -2.05. The second kappa shape index (κ2) is 12.9. The van der Waals surface area contributed by atoms with Crippen molar-refractivity contribution in [1.82, 2.24) is 0 Å². The van der Waals surface area contributed by atoms with E-state index in [2.05, 4.69) is 0 Å². The first-order valence-corrected chi connectivity index (χ1v) is 10.8. The van der Waals surface area contributed by atoms with Crippen LogP contribution in [0.3, 0.4) is 0 Å². The van der Waals surface area contributed by atoms with Gasteiger partial charge in [-0.25, -0.2) is 0 Å². The van der Waals surface area contributed by atoms with Crippen LogP contribution in [0, 0.1) is 13.8 Å². The Hall–Kier alpha value is -1.39. The molecule has 1 N–H and O–H groups in total. The van der Waals surface area contributed by atoms with Crippen LogP contribution in [0.5, 0.6) is 0 Å². The van der Waals surface area contributed by atoms with Crippen LogP contribution in [0.2, 0.25) is 0 Å². The SMILES string of the molecule is CC.CC.CC.CCCc1c(S(=O)(=O)O)cc2cc(C)ccc2c1C. The molecule has 2 aromatic rings. The molecule has 3 nitrogen and oxygen atoms in total. The summed E-state index contributed by atoms with van der Waals surface area (Å²) in [5.41, 5.74) is 2.73. The van der Waals surface area contributed by atoms with Crippen molar-refractivity contribution in [1.29, 1.82) is 0 Å². The van der Waals surface area contributed by atoms with Crippen LogP contribution < -0.4 is 0 Å². The predicted octanol–water partition coefficient (Wildman–Crippen LogP) is 6.73. The van der Waals surface area contributed by atoms with E-state index in [-0.39, 0.29) is 4.90 Å². The van der Waals surface area contributed by atoms with Crippen molar-refractivity contribution < 1.29 is 13.0 Å². The number of benzene rings is 2. The molecular weight excluding hydrogens is 332 g/mol. The molecule has 0 aliphatic heterocycles. The Labute approximate surface area is 155 Å². The molecule has 4 heteroatoms. The summed E-state index contributed by atoms with van der Waals surface area (Å²) in [6, 6.07) is 7.54. The van der Waals surface area contributed by atoms with E-state index in [0.29, 0.717) is 6.42 Å². The highest BCUT2D eigenvalue weighted by Crippen LogP contribution is 2.30. The third-order valence-corrected chi connectivity index (χ3v) is 4.35. The van der Waals surface area contributed by atoms with Crippen LogP contribution in [0.1, 0.15) is 71.6 Å². The Morgan fingerprint density at radius 2 is 1.44 bits per heavy atom. The first-order valence-electron chi connectivity index (χ1n) is 9.35. The minimum absolute atomic E-state index is 0.0463. The average Bonchev–Trinajstić information content (AvgIpc) is 2.61. The van der Waals surface area contributed by atoms with Gasteiger partial charge in [-0.3, -0.25) is 4.55 Å². The zero-order valence-corrected chi connectivity index (χ0v) is 18.2. The highest BCUT2D eigenvalue weighted by atomic mass is 32.2. The lowest BCUT2D eigenvalue weighted by Gasteiger charge is -2.13. The average molecular weight is 369 g/mol. The lowest BCUT2D eigenvalue weighted by molar-refractivity contribution is 0.482. The first kappa shape index (κ1) is 25.8. The predicted molar refractivity (Wildman–Crippen MR) is 111 cm³/mol. The molecule has 0 saturated heterocycles. The number of aryl methyl sites for hydroxylation is 2. The van der Waals surface area contributed by atoms with Gasteiger partial charge in [0, 0.05) is 0 Å². The summed E-state index contributed by atoms with van der Waals surface area (Å²) in [4.78, 5) is 0.0463. The molecule has 0 spiro atoms. The van der Waals surface area contributed by atoms with Gasteiger partial charge in [0.15, 0.2) is 0 Å². The monoisotopic (exact) mass is 368 g/mol. The maximum absolute atomic E-state index is 11.6. The fourth-order valence-corrected chi connectivity index (χ4v) is 3.35. The largest absolute Gasteiger partial charge is 0.294 e. The Kier molecular flexibility index (Phi) is 13.3. The van der Waals surface area contributed by atoms with Crippen LogP contribution >= 0.6 is 0 Å². The lowest BCUT2D eigenvalue weighted by atomic mass is 9.96. The first-order chi connectivity index (χ1) is 11.8. The molecule has 0 unspecified atom stereocenters. The minimum atomic E-state index is -4.18. The Morgan fingerprint density at radius 1 is 0.920 bits per heavy atom. The summed E-state index contributed by atoms with van der Waals surface area (Å²) in [6.45, 7) is 17.9. The molecule has 0 aliphatic carbocycles. The second-order valence-electron chi connectivity index (χ2n) is 4.93. The zero-order chi connectivity index (χ0) is 20.2. The van der Waals surface area contributed by atoms with Gasteiger partial charge >= 0.3 is 0 Å². The van der Waals surface area contributed by atoms with Crippen LogP contribution in [0.15, 0.2) is 29.2 Å². The van der Waals surface area contributed by atoms with Crippen LogP contribution in [-0.4, -0.2) is 13.0 Å². The molecule has 144 valence electrons. The molecule has 2 aromatic carbocycles. The van der Waals surface area contributed by atoms with Gasteiger partial charge in [0.05, 0.1) is 4.90 Å². The molecule has 0 saturated carbocycles. The highest BCUT2D eigenvalue weighted by molar-refractivity contribution is 7.85. The van der Waals surface area contributed by atoms with Crippen molar-refractivity contribution in [3.8, 4) is 0 Å². The van der Waals surface area contributed by atoms with Gasteiger partial charge in [0.25, 0.3) is 10.1 Å². The Balaban J connectivity index is 0. The van der Waals surface area contributed by atoms with E-state index < -0.39 is 10.1 Å². The number of hydrogen-bond donors (Lipinski definition) is 1. The topological polar surface area (TPSA) is 54.4 Å². The van der Waals surface area contributed by atoms with Gasteiger partial charge in [-0.05, 0) is 48.2 Å². The summed E-state index contributed by atoms with van der Waals surface area (Å²) in [5.74, 6) is 0. The van der Waals surface area contributed by atoms with E-state index in [4.69, 9.17) is 0 Å². The van der Waals surface area contributed by atoms with Gasteiger partial charge in [-0.15, -0.1) is 0 Å². The second-order valence-corrected chi connectivity index (χ2v) is 6.32. The van der Waals surface area contributed by atoms with Gasteiger partial charge < -0.3 is 0 Å². The van der Waals surface area contributed by atoms with Crippen LogP contribution in [-0.2, 0) is 16.5 Å². The minimum Gasteiger partial charge on any atom is -0.282 e. The van der Waals surface area contributed by atoms with Crippen molar-refractivity contribution >= 4 is 20.9 Å². The highest BCUT2D eigenvalue weighted by Gasteiger charge is 2.18. The molecule has 0 aromatic heterocycles. The van der Waals surface area contributed by atoms with Gasteiger partial charge in [-0.1, -0.05) is 78.6 Å². The Bertz CT molecular complexity index is 732. The standard InChI is InChI=1S/C15H18O3S.3C2H6/c1-4-5-14-11(3)13-7-6-10(2)8-12(13)9-15(14)19(16,17)18;3*1-2/h6-9H,4-5H2,1-3H3,(H,16,17,18);3*1-2H3. The van der Waals surface area contributed by atoms with Gasteiger partial charge in [0.1, 0.15) is 0 Å². The summed E-state index contributed by atoms with van der Waals surface area (Å²) >= 11 is 0. The van der Waals surface area contributed by atoms with Gasteiger partial charge in [0.2, 0.25) is 0 Å². The van der Waals surface area contributed by atoms with E-state index in [0.717, 1.165) is 33.9 Å². The van der Waals surface area contributed by atoms with Crippen LogP contribution in [0.4, 0.5) is 0 Å². The summed E-state index contributed by atoms with van der Waals surface area (Å²) in [6.07, 6.45) is 1.48. The molecule has 0 heterocycles. The molecule has 0 radical (unpaired) electrons. The molecule has 0 aliphatic rings. The Morgan fingerprint density at radius 3 is 1.88 bits per heavy atom. The quantitative estimate of drug-likeness (QED) is 0.611. The third kappa shape index (κ3) is 7.17. The molecule has 2 rings (SSSR count). The van der Waals surface area contributed by atoms with E-state index in [9.17, 15) is 13.0 Å². The van der Waals surface area contributed by atoms with Crippen molar-refractivity contribution in [2.24, 2.45) is 0 Å². The molecule has 0 atom stereocenters. The fourth-order valence-electron chi connectivity index (χ4n) is 2.51. The van der Waals surface area contributed by atoms with E-state index >= 15 is 0 Å². The smallest absolute Gasteiger partial charge is 0.282 e. The zero-order valence-electron chi connectivity index (χ0n) is 17.4. The molecule has 25 heavy (non-hydrogen) atoms. The number of hydrogen-bond acceptors (Lipinski definition) is 2. The van der Waals surface area contributed by atoms with Crippen molar-refractivity contribution in [3.05, 3.63) is 41.0 Å². The van der Waals surface area contributed by atoms with Gasteiger partial charge in [-0.2, -0.15) is 8.42 Å². The normalized spacial score (nSPS) is 9.84. The molecular formula is C21H36O3S. The molecule has 0 bridgehead atoms. The van der Waals surface area contributed by atoms with Crippen molar-refractivity contribution in [2.45, 2.75) is 80.1 Å². The third-order valence-electron chi connectivity index (χ3n) is 3.43. The van der Waals surface area contributed by atoms with Crippen molar-refractivity contribution in [3.63, 3.8) is 0 Å². The summed E-state index contributed by atoms with van der Waals surface area (Å²) in [5, 5.41) is 1.89. The summed E-state index contributed by atoms with van der Waals surface area (Å²) in [7, 11) is -4.18. The number of rotatable bonds is 3. The fraction of sp³-hybridized carbons (Fsp3) is 0.524.